The first-order valence-electron chi connectivity index (χ1n) is 4.71. The summed E-state index contributed by atoms with van der Waals surface area (Å²) in [4.78, 5) is 11.0. The van der Waals surface area contributed by atoms with Crippen LogP contribution in [0.15, 0.2) is 24.3 Å². The van der Waals surface area contributed by atoms with E-state index in [1.165, 1.54) is 0 Å². The maximum absolute atomic E-state index is 11.0. The molecule has 0 heterocycles. The van der Waals surface area contributed by atoms with Crippen molar-refractivity contribution in [2.24, 2.45) is 5.73 Å². The predicted octanol–water partition coefficient (Wildman–Crippen LogP) is 1.69. The molecule has 1 rings (SSSR count). The Morgan fingerprint density at radius 2 is 1.93 bits per heavy atom. The van der Waals surface area contributed by atoms with Crippen molar-refractivity contribution in [3.05, 3.63) is 34.9 Å². The van der Waals surface area contributed by atoms with Gasteiger partial charge < -0.3 is 5.73 Å². The highest BCUT2D eigenvalue weighted by molar-refractivity contribution is 6.30. The summed E-state index contributed by atoms with van der Waals surface area (Å²) in [6, 6.07) is 7.45. The Kier molecular flexibility index (Phi) is 3.72. The van der Waals surface area contributed by atoms with Gasteiger partial charge in [-0.1, -0.05) is 23.7 Å². The molecule has 15 heavy (non-hydrogen) atoms. The highest BCUT2D eigenvalue weighted by Crippen LogP contribution is 2.10. The molecule has 0 radical (unpaired) electrons. The van der Waals surface area contributed by atoms with E-state index in [0.29, 0.717) is 11.6 Å². The molecule has 4 heteroatoms. The first-order valence-corrected chi connectivity index (χ1v) is 5.09. The van der Waals surface area contributed by atoms with Crippen molar-refractivity contribution in [3.8, 4) is 0 Å². The van der Waals surface area contributed by atoms with Gasteiger partial charge in [0.05, 0.1) is 5.54 Å². The average molecular weight is 227 g/mol. The number of hydrogen-bond acceptors (Lipinski definition) is 2. The summed E-state index contributed by atoms with van der Waals surface area (Å²) in [7, 11) is 0. The third-order valence-corrected chi connectivity index (χ3v) is 2.52. The summed E-state index contributed by atoms with van der Waals surface area (Å²) in [6.07, 6.45) is 0. The molecule has 0 saturated heterocycles. The Balaban J connectivity index is 2.57. The number of nitrogens with one attached hydrogen (secondary N) is 1. The Morgan fingerprint density at radius 3 is 2.40 bits per heavy atom. The van der Waals surface area contributed by atoms with Gasteiger partial charge in [-0.15, -0.1) is 0 Å². The van der Waals surface area contributed by atoms with Gasteiger partial charge in [0.25, 0.3) is 0 Å². The zero-order valence-corrected chi connectivity index (χ0v) is 9.64. The standard InChI is InChI=1S/C11H15ClN2O/c1-11(2,10(13)15)14-7-8-3-5-9(12)6-4-8/h3-6,14H,7H2,1-2H3,(H2,13,15). The smallest absolute Gasteiger partial charge is 0.237 e. The minimum atomic E-state index is -0.695. The molecule has 0 aromatic heterocycles. The fourth-order valence-corrected chi connectivity index (χ4v) is 1.14. The van der Waals surface area contributed by atoms with Gasteiger partial charge in [-0.3, -0.25) is 10.1 Å². The van der Waals surface area contributed by atoms with Crippen LogP contribution in [0.4, 0.5) is 0 Å². The lowest BCUT2D eigenvalue weighted by atomic mass is 10.0. The second-order valence-corrected chi connectivity index (χ2v) is 4.41. The van der Waals surface area contributed by atoms with Gasteiger partial charge in [-0.25, -0.2) is 0 Å². The molecule has 0 unspecified atom stereocenters. The summed E-state index contributed by atoms with van der Waals surface area (Å²) >= 11 is 5.76. The van der Waals surface area contributed by atoms with Crippen molar-refractivity contribution in [2.45, 2.75) is 25.9 Å². The first-order chi connectivity index (χ1) is 6.92. The Morgan fingerprint density at radius 1 is 1.40 bits per heavy atom. The maximum atomic E-state index is 11.0. The van der Waals surface area contributed by atoms with E-state index in [-0.39, 0.29) is 5.91 Å². The third-order valence-electron chi connectivity index (χ3n) is 2.26. The fraction of sp³-hybridized carbons (Fsp3) is 0.364. The van der Waals surface area contributed by atoms with Crippen LogP contribution in [0.1, 0.15) is 19.4 Å². The van der Waals surface area contributed by atoms with E-state index < -0.39 is 5.54 Å². The van der Waals surface area contributed by atoms with E-state index in [4.69, 9.17) is 17.3 Å². The second-order valence-electron chi connectivity index (χ2n) is 3.97. The van der Waals surface area contributed by atoms with Crippen molar-refractivity contribution >= 4 is 17.5 Å². The summed E-state index contributed by atoms with van der Waals surface area (Å²) < 4.78 is 0. The quantitative estimate of drug-likeness (QED) is 0.821. The zero-order valence-electron chi connectivity index (χ0n) is 8.88. The predicted molar refractivity (Wildman–Crippen MR) is 61.6 cm³/mol. The molecule has 0 bridgehead atoms. The largest absolute Gasteiger partial charge is 0.368 e. The number of carbonyl (C=O) groups excluding carboxylic acids is 1. The number of hydrogen-bond donors (Lipinski definition) is 2. The molecule has 0 aliphatic heterocycles. The average Bonchev–Trinajstić information content (AvgIpc) is 2.17. The van der Waals surface area contributed by atoms with Crippen LogP contribution < -0.4 is 11.1 Å². The van der Waals surface area contributed by atoms with Crippen LogP contribution in [0.5, 0.6) is 0 Å². The van der Waals surface area contributed by atoms with Gasteiger partial charge in [-0.2, -0.15) is 0 Å². The number of halogens is 1. The maximum Gasteiger partial charge on any atom is 0.237 e. The van der Waals surface area contributed by atoms with E-state index >= 15 is 0 Å². The second kappa shape index (κ2) is 4.64. The lowest BCUT2D eigenvalue weighted by Gasteiger charge is -2.22. The molecule has 1 aromatic carbocycles. The third kappa shape index (κ3) is 3.53. The van der Waals surface area contributed by atoms with E-state index in [1.807, 2.05) is 24.3 Å². The molecular weight excluding hydrogens is 212 g/mol. The van der Waals surface area contributed by atoms with E-state index in [0.717, 1.165) is 5.56 Å². The highest BCUT2D eigenvalue weighted by atomic mass is 35.5. The minimum absolute atomic E-state index is 0.364. The van der Waals surface area contributed by atoms with E-state index in [9.17, 15) is 4.79 Å². The van der Waals surface area contributed by atoms with Crippen LogP contribution in [0, 0.1) is 0 Å². The highest BCUT2D eigenvalue weighted by Gasteiger charge is 2.23. The molecule has 0 fully saturated rings. The van der Waals surface area contributed by atoms with E-state index in [2.05, 4.69) is 5.32 Å². The molecular formula is C11H15ClN2O. The van der Waals surface area contributed by atoms with Gasteiger partial charge >= 0.3 is 0 Å². The number of primary amides is 1. The molecule has 0 saturated carbocycles. The number of rotatable bonds is 4. The summed E-state index contributed by atoms with van der Waals surface area (Å²) in [5.41, 5.74) is 5.60. The van der Waals surface area contributed by atoms with Gasteiger partial charge in [0.1, 0.15) is 0 Å². The summed E-state index contributed by atoms with van der Waals surface area (Å²) in [6.45, 7) is 4.10. The molecule has 0 spiro atoms. The zero-order chi connectivity index (χ0) is 11.5. The Labute approximate surface area is 94.6 Å². The van der Waals surface area contributed by atoms with Crippen molar-refractivity contribution < 1.29 is 4.79 Å². The molecule has 0 aliphatic carbocycles. The van der Waals surface area contributed by atoms with Crippen LogP contribution in [0.3, 0.4) is 0 Å². The molecule has 1 aromatic rings. The van der Waals surface area contributed by atoms with Crippen molar-refractivity contribution in [1.29, 1.82) is 0 Å². The molecule has 0 atom stereocenters. The Bertz CT molecular complexity index is 346. The number of nitrogens with two attached hydrogens (primary N) is 1. The SMILES string of the molecule is CC(C)(NCc1ccc(Cl)cc1)C(N)=O. The minimum Gasteiger partial charge on any atom is -0.368 e. The van der Waals surface area contributed by atoms with E-state index in [1.54, 1.807) is 13.8 Å². The van der Waals surface area contributed by atoms with Crippen LogP contribution in [0.2, 0.25) is 5.02 Å². The van der Waals surface area contributed by atoms with Crippen LogP contribution in [0.25, 0.3) is 0 Å². The fourth-order valence-electron chi connectivity index (χ4n) is 1.01. The van der Waals surface area contributed by atoms with Gasteiger partial charge in [-0.05, 0) is 31.5 Å². The first kappa shape index (κ1) is 12.0. The van der Waals surface area contributed by atoms with Crippen molar-refractivity contribution in [3.63, 3.8) is 0 Å². The van der Waals surface area contributed by atoms with Gasteiger partial charge in [0.15, 0.2) is 0 Å². The molecule has 1 amide bonds. The van der Waals surface area contributed by atoms with Crippen molar-refractivity contribution in [1.82, 2.24) is 5.32 Å². The van der Waals surface area contributed by atoms with Crippen LogP contribution in [-0.4, -0.2) is 11.4 Å². The van der Waals surface area contributed by atoms with Crippen LogP contribution in [-0.2, 0) is 11.3 Å². The molecule has 3 nitrogen and oxygen atoms in total. The number of carbonyl (C=O) groups is 1. The monoisotopic (exact) mass is 226 g/mol. The Hall–Kier alpha value is -1.06. The topological polar surface area (TPSA) is 55.1 Å². The van der Waals surface area contributed by atoms with Crippen molar-refractivity contribution in [2.75, 3.05) is 0 Å². The number of benzene rings is 1. The summed E-state index contributed by atoms with van der Waals surface area (Å²) in [5.74, 6) is -0.364. The van der Waals surface area contributed by atoms with Crippen LogP contribution >= 0.6 is 11.6 Å². The molecule has 82 valence electrons. The lowest BCUT2D eigenvalue weighted by molar-refractivity contribution is -0.123. The summed E-state index contributed by atoms with van der Waals surface area (Å²) in [5, 5.41) is 3.78. The normalized spacial score (nSPS) is 11.4. The molecule has 3 N–H and O–H groups in total. The molecule has 0 aliphatic rings. The van der Waals surface area contributed by atoms with Gasteiger partial charge in [0.2, 0.25) is 5.91 Å². The lowest BCUT2D eigenvalue weighted by Crippen LogP contribution is -2.50. The van der Waals surface area contributed by atoms with Gasteiger partial charge in [0, 0.05) is 11.6 Å². The number of amides is 1.